The van der Waals surface area contributed by atoms with Crippen molar-refractivity contribution in [3.05, 3.63) is 70.6 Å². The second-order valence-corrected chi connectivity index (χ2v) is 6.63. The van der Waals surface area contributed by atoms with Crippen LogP contribution in [0, 0.1) is 6.92 Å². The van der Waals surface area contributed by atoms with Crippen LogP contribution in [0.15, 0.2) is 53.1 Å². The Morgan fingerprint density at radius 1 is 1.21 bits per heavy atom. The lowest BCUT2D eigenvalue weighted by Crippen LogP contribution is -2.17. The molecule has 2 aromatic heterocycles. The van der Waals surface area contributed by atoms with E-state index in [0.29, 0.717) is 28.0 Å². The van der Waals surface area contributed by atoms with Gasteiger partial charge in [0.15, 0.2) is 5.69 Å². The summed E-state index contributed by atoms with van der Waals surface area (Å²) in [7, 11) is 1.83. The molecule has 0 radical (unpaired) electrons. The highest BCUT2D eigenvalue weighted by Gasteiger charge is 2.22. The number of imidazole rings is 1. The highest BCUT2D eigenvalue weighted by Crippen LogP contribution is 2.26. The molecule has 0 atom stereocenters. The molecule has 0 aliphatic rings. The minimum Gasteiger partial charge on any atom is -0.487 e. The number of benzene rings is 2. The Labute approximate surface area is 165 Å². The van der Waals surface area contributed by atoms with Gasteiger partial charge in [0.05, 0.1) is 21.6 Å². The summed E-state index contributed by atoms with van der Waals surface area (Å²) >= 11 is 6.12. The van der Waals surface area contributed by atoms with Crippen LogP contribution in [0.2, 0.25) is 5.02 Å². The van der Waals surface area contributed by atoms with Crippen LogP contribution >= 0.6 is 11.6 Å². The largest absolute Gasteiger partial charge is 0.487 e. The molecular weight excluding hydrogens is 380 g/mol. The molecule has 4 aromatic rings. The molecule has 0 aliphatic carbocycles. The van der Waals surface area contributed by atoms with Gasteiger partial charge < -0.3 is 13.8 Å². The Bertz CT molecular complexity index is 1170. The molecule has 2 aromatic carbocycles. The zero-order valence-corrected chi connectivity index (χ0v) is 16.0. The number of rotatable bonds is 5. The van der Waals surface area contributed by atoms with Gasteiger partial charge in [-0.1, -0.05) is 41.0 Å². The van der Waals surface area contributed by atoms with Crippen molar-refractivity contribution in [3.8, 4) is 5.75 Å². The number of carbonyl (C=O) groups is 1. The fraction of sp³-hybridized carbons (Fsp3) is 0.150. The molecule has 1 amide bonds. The van der Waals surface area contributed by atoms with E-state index >= 15 is 0 Å². The van der Waals surface area contributed by atoms with Gasteiger partial charge in [-0.25, -0.2) is 4.98 Å². The smallest absolute Gasteiger partial charge is 0.280 e. The molecule has 0 spiro atoms. The first-order valence-electron chi connectivity index (χ1n) is 8.60. The number of aromatic nitrogens is 3. The van der Waals surface area contributed by atoms with E-state index in [0.717, 1.165) is 11.0 Å². The van der Waals surface area contributed by atoms with E-state index in [9.17, 15) is 4.79 Å². The first kappa shape index (κ1) is 18.1. The third-order valence-corrected chi connectivity index (χ3v) is 4.73. The average molecular weight is 397 g/mol. The predicted octanol–water partition coefficient (Wildman–Crippen LogP) is 4.35. The minimum atomic E-state index is -0.423. The number of hydrogen-bond acceptors (Lipinski definition) is 5. The maximum absolute atomic E-state index is 12.8. The number of halogens is 1. The van der Waals surface area contributed by atoms with Crippen LogP contribution in [0.1, 0.15) is 21.8 Å². The maximum atomic E-state index is 12.8. The van der Waals surface area contributed by atoms with Crippen molar-refractivity contribution in [2.75, 3.05) is 5.32 Å². The second kappa shape index (κ2) is 7.36. The van der Waals surface area contributed by atoms with Crippen LogP contribution in [0.25, 0.3) is 11.0 Å². The van der Waals surface area contributed by atoms with E-state index in [1.165, 1.54) is 0 Å². The second-order valence-electron chi connectivity index (χ2n) is 6.22. The maximum Gasteiger partial charge on any atom is 0.280 e. The summed E-state index contributed by atoms with van der Waals surface area (Å²) in [6.45, 7) is 1.83. The van der Waals surface area contributed by atoms with Crippen molar-refractivity contribution < 1.29 is 14.1 Å². The molecule has 2 heterocycles. The summed E-state index contributed by atoms with van der Waals surface area (Å²) in [4.78, 5) is 17.2. The van der Waals surface area contributed by atoms with Crippen LogP contribution in [0.3, 0.4) is 0 Å². The van der Waals surface area contributed by atoms with Gasteiger partial charge in [0.25, 0.3) is 5.91 Å². The molecule has 8 heteroatoms. The number of nitrogens with one attached hydrogen (secondary N) is 1. The molecule has 0 saturated heterocycles. The summed E-state index contributed by atoms with van der Waals surface area (Å²) in [6, 6.07) is 14.7. The fourth-order valence-electron chi connectivity index (χ4n) is 2.87. The van der Waals surface area contributed by atoms with E-state index in [1.54, 1.807) is 23.6 Å². The summed E-state index contributed by atoms with van der Waals surface area (Å²) < 4.78 is 12.8. The summed E-state index contributed by atoms with van der Waals surface area (Å²) in [5, 5.41) is 7.17. The lowest BCUT2D eigenvalue weighted by atomic mass is 10.2. The monoisotopic (exact) mass is 396 g/mol. The molecule has 0 fully saturated rings. The van der Waals surface area contributed by atoms with E-state index in [1.807, 2.05) is 43.4 Å². The van der Waals surface area contributed by atoms with Crippen molar-refractivity contribution in [1.82, 2.24) is 14.7 Å². The Morgan fingerprint density at radius 2 is 1.96 bits per heavy atom. The number of para-hydroxylation sites is 3. The van der Waals surface area contributed by atoms with Crippen LogP contribution < -0.4 is 10.1 Å². The van der Waals surface area contributed by atoms with Crippen LogP contribution in [-0.2, 0) is 13.7 Å². The lowest BCUT2D eigenvalue weighted by molar-refractivity contribution is 0.101. The Kier molecular flexibility index (Phi) is 4.75. The topological polar surface area (TPSA) is 82.2 Å². The number of carbonyl (C=O) groups excluding carboxylic acids is 1. The number of hydrogen-bond donors (Lipinski definition) is 1. The number of amides is 1. The number of ether oxygens (including phenoxy) is 1. The quantitative estimate of drug-likeness (QED) is 0.542. The van der Waals surface area contributed by atoms with Crippen molar-refractivity contribution in [3.63, 3.8) is 0 Å². The van der Waals surface area contributed by atoms with Crippen LogP contribution in [0.5, 0.6) is 5.75 Å². The summed E-state index contributed by atoms with van der Waals surface area (Å²) in [6.07, 6.45) is 0. The number of nitrogens with zero attached hydrogens (tertiary/aromatic N) is 3. The van der Waals surface area contributed by atoms with Crippen molar-refractivity contribution in [2.24, 2.45) is 7.05 Å². The van der Waals surface area contributed by atoms with Crippen molar-refractivity contribution >= 4 is 34.5 Å². The van der Waals surface area contributed by atoms with E-state index in [4.69, 9.17) is 20.9 Å². The standard InChI is InChI=1S/C20H17ClN4O3/c1-12-13(11-27-17-10-6-3-7-14(17)21)18(24-28-12)19(26)23-20-22-15-8-4-5-9-16(15)25(20)2/h3-10H,11H2,1-2H3,(H,22,23,26). The Hall–Kier alpha value is -3.32. The fourth-order valence-corrected chi connectivity index (χ4v) is 3.06. The van der Waals surface area contributed by atoms with Gasteiger partial charge in [-0.3, -0.25) is 10.1 Å². The molecule has 28 heavy (non-hydrogen) atoms. The Balaban J connectivity index is 1.56. The van der Waals surface area contributed by atoms with E-state index in [2.05, 4.69) is 15.5 Å². The molecule has 0 unspecified atom stereocenters. The van der Waals surface area contributed by atoms with E-state index < -0.39 is 5.91 Å². The van der Waals surface area contributed by atoms with Gasteiger partial charge >= 0.3 is 0 Å². The lowest BCUT2D eigenvalue weighted by Gasteiger charge is -2.08. The molecule has 7 nitrogen and oxygen atoms in total. The van der Waals surface area contributed by atoms with Gasteiger partial charge in [0, 0.05) is 7.05 Å². The van der Waals surface area contributed by atoms with Gasteiger partial charge in [0.2, 0.25) is 5.95 Å². The molecular formula is C20H17ClN4O3. The van der Waals surface area contributed by atoms with Gasteiger partial charge in [-0.2, -0.15) is 0 Å². The molecule has 1 N–H and O–H groups in total. The normalized spacial score (nSPS) is 11.0. The summed E-state index contributed by atoms with van der Waals surface area (Å²) in [5.74, 6) is 1.02. The predicted molar refractivity (Wildman–Crippen MR) is 106 cm³/mol. The third kappa shape index (κ3) is 3.32. The van der Waals surface area contributed by atoms with Crippen molar-refractivity contribution in [2.45, 2.75) is 13.5 Å². The average Bonchev–Trinajstić information content (AvgIpc) is 3.21. The van der Waals surface area contributed by atoms with E-state index in [-0.39, 0.29) is 12.3 Å². The molecule has 0 aliphatic heterocycles. The first-order valence-corrected chi connectivity index (χ1v) is 8.97. The molecule has 4 rings (SSSR count). The highest BCUT2D eigenvalue weighted by atomic mass is 35.5. The van der Waals surface area contributed by atoms with Crippen molar-refractivity contribution in [1.29, 1.82) is 0 Å². The zero-order valence-electron chi connectivity index (χ0n) is 15.3. The molecule has 0 bridgehead atoms. The van der Waals surface area contributed by atoms with Gasteiger partial charge in [-0.05, 0) is 31.2 Å². The third-order valence-electron chi connectivity index (χ3n) is 4.42. The first-order chi connectivity index (χ1) is 13.5. The van der Waals surface area contributed by atoms with Crippen LogP contribution in [-0.4, -0.2) is 20.6 Å². The van der Waals surface area contributed by atoms with Gasteiger partial charge in [0.1, 0.15) is 18.1 Å². The van der Waals surface area contributed by atoms with Crippen LogP contribution in [0.4, 0.5) is 5.95 Å². The molecule has 0 saturated carbocycles. The zero-order chi connectivity index (χ0) is 19.7. The number of aryl methyl sites for hydroxylation is 2. The SMILES string of the molecule is Cc1onc(C(=O)Nc2nc3ccccc3n2C)c1COc1ccccc1Cl. The van der Waals surface area contributed by atoms with Gasteiger partial charge in [-0.15, -0.1) is 0 Å². The number of fused-ring (bicyclic) bond motifs is 1. The number of anilines is 1. The highest BCUT2D eigenvalue weighted by molar-refractivity contribution is 6.32. The summed E-state index contributed by atoms with van der Waals surface area (Å²) in [5.41, 5.74) is 2.41. The molecule has 142 valence electrons. The Morgan fingerprint density at radius 3 is 2.75 bits per heavy atom. The minimum absolute atomic E-state index is 0.102.